The maximum absolute atomic E-state index is 9.82. The van der Waals surface area contributed by atoms with E-state index in [1.54, 1.807) is 12.1 Å². The highest BCUT2D eigenvalue weighted by atomic mass is 16.7. The molecule has 1 rings (SSSR count). The van der Waals surface area contributed by atoms with Gasteiger partial charge in [-0.15, -0.1) is 0 Å². The molecular formula is C9H9O4. The van der Waals surface area contributed by atoms with Gasteiger partial charge >= 0.3 is 6.16 Å². The van der Waals surface area contributed by atoms with Crippen LogP contribution in [-0.2, 0) is 9.84 Å². The van der Waals surface area contributed by atoms with Crippen LogP contribution in [0.15, 0.2) is 30.3 Å². The third-order valence-electron chi connectivity index (χ3n) is 1.32. The van der Waals surface area contributed by atoms with Crippen molar-refractivity contribution in [1.82, 2.24) is 0 Å². The summed E-state index contributed by atoms with van der Waals surface area (Å²) in [5, 5.41) is 9.82. The summed E-state index contributed by atoms with van der Waals surface area (Å²) in [6.45, 7) is 0.176. The van der Waals surface area contributed by atoms with Gasteiger partial charge < -0.3 is 9.47 Å². The molecule has 4 nitrogen and oxygen atoms in total. The molecule has 0 aliphatic heterocycles. The molecule has 4 heteroatoms. The van der Waals surface area contributed by atoms with Crippen molar-refractivity contribution in [2.24, 2.45) is 0 Å². The molecule has 1 radical (unpaired) electrons. The zero-order valence-electron chi connectivity index (χ0n) is 6.93. The van der Waals surface area contributed by atoms with Crippen LogP contribution < -0.4 is 4.74 Å². The van der Waals surface area contributed by atoms with E-state index in [0.717, 1.165) is 0 Å². The number of benzene rings is 1. The minimum atomic E-state index is -1.53. The molecule has 0 saturated heterocycles. The van der Waals surface area contributed by atoms with Crippen LogP contribution in [0.1, 0.15) is 0 Å². The third-order valence-corrected chi connectivity index (χ3v) is 1.32. The molecule has 13 heavy (non-hydrogen) atoms. The second-order valence-corrected chi connectivity index (χ2v) is 2.26. The Kier molecular flexibility index (Phi) is 3.63. The minimum Gasteiger partial charge on any atom is -0.490 e. The Morgan fingerprint density at radius 1 is 1.15 bits per heavy atom. The topological polar surface area (TPSA) is 55.4 Å². The Hall–Kier alpha value is -1.71. The van der Waals surface area contributed by atoms with E-state index >= 15 is 0 Å². The second kappa shape index (κ2) is 5.03. The van der Waals surface area contributed by atoms with E-state index in [-0.39, 0.29) is 13.2 Å². The Balaban J connectivity index is 2.17. The van der Waals surface area contributed by atoms with Gasteiger partial charge in [-0.3, -0.25) is 0 Å². The smallest absolute Gasteiger partial charge is 0.490 e. The molecular weight excluding hydrogens is 172 g/mol. The first-order valence-electron chi connectivity index (χ1n) is 3.80. The number of hydrogen-bond donors (Lipinski definition) is 0. The van der Waals surface area contributed by atoms with E-state index in [9.17, 15) is 9.90 Å². The van der Waals surface area contributed by atoms with Crippen LogP contribution in [0.2, 0.25) is 0 Å². The van der Waals surface area contributed by atoms with E-state index in [1.807, 2.05) is 18.2 Å². The van der Waals surface area contributed by atoms with Gasteiger partial charge in [-0.05, 0) is 12.1 Å². The fraction of sp³-hybridized carbons (Fsp3) is 0.222. The summed E-state index contributed by atoms with van der Waals surface area (Å²) in [5.41, 5.74) is 0. The average molecular weight is 181 g/mol. The Bertz CT molecular complexity index is 258. The first-order chi connectivity index (χ1) is 6.29. The average Bonchev–Trinajstić information content (AvgIpc) is 2.14. The van der Waals surface area contributed by atoms with E-state index in [0.29, 0.717) is 5.75 Å². The number of hydrogen-bond acceptors (Lipinski definition) is 3. The molecule has 0 bridgehead atoms. The molecule has 0 aliphatic carbocycles. The largest absolute Gasteiger partial charge is 0.550 e. The van der Waals surface area contributed by atoms with E-state index < -0.39 is 6.16 Å². The summed E-state index contributed by atoms with van der Waals surface area (Å²) in [4.78, 5) is 9.82. The Morgan fingerprint density at radius 3 is 2.46 bits per heavy atom. The standard InChI is InChI=1S/C9H9O4/c10-9(11)13-7-6-12-8-4-2-1-3-5-8/h1-5H,6-7H2. The molecule has 0 heterocycles. The van der Waals surface area contributed by atoms with Crippen molar-refractivity contribution in [2.75, 3.05) is 13.2 Å². The first-order valence-corrected chi connectivity index (χ1v) is 3.80. The highest BCUT2D eigenvalue weighted by molar-refractivity contribution is 5.56. The summed E-state index contributed by atoms with van der Waals surface area (Å²) in [6, 6.07) is 9.08. The van der Waals surface area contributed by atoms with Crippen molar-refractivity contribution in [3.63, 3.8) is 0 Å². The fourth-order valence-corrected chi connectivity index (χ4v) is 0.801. The predicted octanol–water partition coefficient (Wildman–Crippen LogP) is 1.63. The molecule has 0 fully saturated rings. The van der Waals surface area contributed by atoms with Gasteiger partial charge in [0.1, 0.15) is 19.0 Å². The third kappa shape index (κ3) is 4.00. The summed E-state index contributed by atoms with van der Waals surface area (Å²) in [6.07, 6.45) is -1.53. The fourth-order valence-electron chi connectivity index (χ4n) is 0.801. The van der Waals surface area contributed by atoms with Crippen LogP contribution in [0.4, 0.5) is 4.79 Å². The number of rotatable bonds is 4. The molecule has 0 unspecified atom stereocenters. The maximum Gasteiger partial charge on any atom is 0.550 e. The highest BCUT2D eigenvalue weighted by Crippen LogP contribution is 2.07. The molecule has 0 aromatic heterocycles. The molecule has 0 amide bonds. The molecule has 1 aromatic rings. The van der Waals surface area contributed by atoms with Crippen LogP contribution in [0, 0.1) is 0 Å². The van der Waals surface area contributed by atoms with Crippen LogP contribution in [-0.4, -0.2) is 19.4 Å². The van der Waals surface area contributed by atoms with Crippen molar-refractivity contribution in [1.29, 1.82) is 0 Å². The molecule has 0 saturated carbocycles. The molecule has 1 aromatic carbocycles. The van der Waals surface area contributed by atoms with Crippen molar-refractivity contribution in [2.45, 2.75) is 0 Å². The molecule has 0 atom stereocenters. The monoisotopic (exact) mass is 181 g/mol. The highest BCUT2D eigenvalue weighted by Gasteiger charge is 1.98. The van der Waals surface area contributed by atoms with Gasteiger partial charge in [-0.2, -0.15) is 9.90 Å². The molecule has 0 N–H and O–H groups in total. The summed E-state index contributed by atoms with van der Waals surface area (Å²) in [7, 11) is 0. The summed E-state index contributed by atoms with van der Waals surface area (Å²) < 4.78 is 9.28. The van der Waals surface area contributed by atoms with Crippen molar-refractivity contribution in [3.8, 4) is 5.75 Å². The first kappa shape index (κ1) is 9.38. The van der Waals surface area contributed by atoms with Crippen LogP contribution in [0.3, 0.4) is 0 Å². The summed E-state index contributed by atoms with van der Waals surface area (Å²) >= 11 is 0. The van der Waals surface area contributed by atoms with Gasteiger partial charge in [0.05, 0.1) is 0 Å². The lowest BCUT2D eigenvalue weighted by molar-refractivity contribution is 0.0569. The molecule has 69 valence electrons. The van der Waals surface area contributed by atoms with Gasteiger partial charge in [0, 0.05) is 0 Å². The van der Waals surface area contributed by atoms with E-state index in [1.165, 1.54) is 0 Å². The van der Waals surface area contributed by atoms with Crippen molar-refractivity contribution >= 4 is 6.16 Å². The lowest BCUT2D eigenvalue weighted by atomic mass is 10.3. The van der Waals surface area contributed by atoms with Crippen LogP contribution >= 0.6 is 0 Å². The van der Waals surface area contributed by atoms with E-state index in [2.05, 4.69) is 4.74 Å². The normalized spacial score (nSPS) is 9.23. The van der Waals surface area contributed by atoms with Crippen LogP contribution in [0.5, 0.6) is 5.75 Å². The zero-order chi connectivity index (χ0) is 9.52. The second-order valence-electron chi connectivity index (χ2n) is 2.26. The van der Waals surface area contributed by atoms with E-state index in [4.69, 9.17) is 4.74 Å². The molecule has 0 aliphatic rings. The summed E-state index contributed by atoms with van der Waals surface area (Å²) in [5.74, 6) is 0.685. The quantitative estimate of drug-likeness (QED) is 0.524. The molecule has 0 spiro atoms. The lowest BCUT2D eigenvalue weighted by Gasteiger charge is -2.03. The van der Waals surface area contributed by atoms with Gasteiger partial charge in [-0.1, -0.05) is 18.2 Å². The predicted molar refractivity (Wildman–Crippen MR) is 44.0 cm³/mol. The van der Waals surface area contributed by atoms with Gasteiger partial charge in [-0.25, -0.2) is 0 Å². The van der Waals surface area contributed by atoms with Gasteiger partial charge in [0.2, 0.25) is 0 Å². The van der Waals surface area contributed by atoms with Gasteiger partial charge in [0.15, 0.2) is 0 Å². The minimum absolute atomic E-state index is 0.0166. The number of ether oxygens (including phenoxy) is 2. The number of carbonyl (C=O) groups excluding carboxylic acids is 1. The van der Waals surface area contributed by atoms with Gasteiger partial charge in [0.25, 0.3) is 0 Å². The van der Waals surface area contributed by atoms with Crippen molar-refractivity contribution in [3.05, 3.63) is 30.3 Å². The zero-order valence-corrected chi connectivity index (χ0v) is 6.93. The van der Waals surface area contributed by atoms with Crippen molar-refractivity contribution < 1.29 is 19.4 Å². The Morgan fingerprint density at radius 2 is 1.85 bits per heavy atom. The Labute approximate surface area is 75.7 Å². The number of para-hydroxylation sites is 1. The van der Waals surface area contributed by atoms with Crippen LogP contribution in [0.25, 0.3) is 0 Å². The SMILES string of the molecule is [O]C(=O)OCCOc1ccccc1. The lowest BCUT2D eigenvalue weighted by Crippen LogP contribution is -2.09. The number of carbonyl (C=O) groups is 1. The maximum atomic E-state index is 9.82.